The zero-order valence-corrected chi connectivity index (χ0v) is 17.1. The Bertz CT molecular complexity index is 1000. The lowest BCUT2D eigenvalue weighted by Crippen LogP contribution is -2.37. The van der Waals surface area contributed by atoms with Crippen LogP contribution in [0.1, 0.15) is 16.7 Å². The van der Waals surface area contributed by atoms with Crippen LogP contribution in [0.5, 0.6) is 0 Å². The highest BCUT2D eigenvalue weighted by atomic mass is 16.5. The van der Waals surface area contributed by atoms with Crippen molar-refractivity contribution in [3.63, 3.8) is 0 Å². The Balaban J connectivity index is 1.68. The zero-order valence-electron chi connectivity index (χ0n) is 17.1. The highest BCUT2D eigenvalue weighted by molar-refractivity contribution is 5.62. The fraction of sp³-hybridized carbons (Fsp3) is 0.318. The minimum Gasteiger partial charge on any atom is -0.378 e. The average Bonchev–Trinajstić information content (AvgIpc) is 2.71. The standard InChI is InChI=1S/C22H26N6O/c1-15-5-4-6-18(13-15)23-20-25-21(24-19-14-16(2)7-8-17(19)3)27-22(26-20)28-9-11-29-12-10-28/h4-8,13-14H,9-12H2,1-3H3,(H2,23,24,25,26,27). The van der Waals surface area contributed by atoms with Crippen molar-refractivity contribution in [3.05, 3.63) is 59.2 Å². The third-order valence-electron chi connectivity index (χ3n) is 4.83. The number of ether oxygens (including phenoxy) is 1. The van der Waals surface area contributed by atoms with Gasteiger partial charge in [-0.25, -0.2) is 0 Å². The van der Waals surface area contributed by atoms with E-state index in [2.05, 4.69) is 81.6 Å². The molecule has 1 saturated heterocycles. The van der Waals surface area contributed by atoms with Crippen molar-refractivity contribution in [2.75, 3.05) is 41.8 Å². The molecule has 0 amide bonds. The van der Waals surface area contributed by atoms with E-state index in [9.17, 15) is 0 Å². The molecular weight excluding hydrogens is 364 g/mol. The van der Waals surface area contributed by atoms with Gasteiger partial charge >= 0.3 is 0 Å². The lowest BCUT2D eigenvalue weighted by molar-refractivity contribution is 0.122. The molecule has 0 spiro atoms. The summed E-state index contributed by atoms with van der Waals surface area (Å²) in [5.41, 5.74) is 5.43. The van der Waals surface area contributed by atoms with E-state index in [1.807, 2.05) is 12.1 Å². The number of anilines is 5. The first-order valence-electron chi connectivity index (χ1n) is 9.83. The highest BCUT2D eigenvalue weighted by Crippen LogP contribution is 2.23. The van der Waals surface area contributed by atoms with Gasteiger partial charge in [-0.3, -0.25) is 0 Å². The van der Waals surface area contributed by atoms with Gasteiger partial charge in [-0.1, -0.05) is 24.3 Å². The molecule has 2 heterocycles. The molecule has 2 N–H and O–H groups in total. The number of rotatable bonds is 5. The predicted octanol–water partition coefficient (Wildman–Crippen LogP) is 4.12. The second kappa shape index (κ2) is 8.45. The van der Waals surface area contributed by atoms with E-state index >= 15 is 0 Å². The maximum atomic E-state index is 5.47. The quantitative estimate of drug-likeness (QED) is 0.679. The van der Waals surface area contributed by atoms with Crippen LogP contribution in [0.25, 0.3) is 0 Å². The third kappa shape index (κ3) is 4.81. The second-order valence-corrected chi connectivity index (χ2v) is 7.32. The molecule has 150 valence electrons. The molecule has 1 aliphatic heterocycles. The molecule has 1 fully saturated rings. The lowest BCUT2D eigenvalue weighted by atomic mass is 10.1. The molecule has 3 aromatic rings. The molecule has 7 heteroatoms. The summed E-state index contributed by atoms with van der Waals surface area (Å²) in [5.74, 6) is 1.68. The average molecular weight is 390 g/mol. The molecule has 0 atom stereocenters. The van der Waals surface area contributed by atoms with Crippen LogP contribution in [0.3, 0.4) is 0 Å². The van der Waals surface area contributed by atoms with Gasteiger partial charge in [0.2, 0.25) is 17.8 Å². The van der Waals surface area contributed by atoms with Crippen molar-refractivity contribution < 1.29 is 4.74 Å². The largest absolute Gasteiger partial charge is 0.378 e. The molecule has 7 nitrogen and oxygen atoms in total. The monoisotopic (exact) mass is 390 g/mol. The van der Waals surface area contributed by atoms with Gasteiger partial charge in [-0.2, -0.15) is 15.0 Å². The number of morpholine rings is 1. The van der Waals surface area contributed by atoms with Crippen molar-refractivity contribution in [2.45, 2.75) is 20.8 Å². The summed E-state index contributed by atoms with van der Waals surface area (Å²) in [4.78, 5) is 16.1. The Hall–Kier alpha value is -3.19. The third-order valence-corrected chi connectivity index (χ3v) is 4.83. The minimum atomic E-state index is 0.514. The number of benzene rings is 2. The van der Waals surface area contributed by atoms with Gasteiger partial charge in [-0.05, 0) is 55.7 Å². The van der Waals surface area contributed by atoms with Gasteiger partial charge in [0, 0.05) is 24.5 Å². The first-order valence-corrected chi connectivity index (χ1v) is 9.83. The number of hydrogen-bond donors (Lipinski definition) is 2. The van der Waals surface area contributed by atoms with Gasteiger partial charge in [0.05, 0.1) is 13.2 Å². The summed E-state index contributed by atoms with van der Waals surface area (Å²) in [6.45, 7) is 9.07. The van der Waals surface area contributed by atoms with Gasteiger partial charge < -0.3 is 20.3 Å². The summed E-state index contributed by atoms with van der Waals surface area (Å²) in [5, 5.41) is 6.69. The summed E-state index contributed by atoms with van der Waals surface area (Å²) < 4.78 is 5.47. The van der Waals surface area contributed by atoms with Gasteiger partial charge in [0.25, 0.3) is 0 Å². The van der Waals surface area contributed by atoms with Crippen LogP contribution in [0, 0.1) is 20.8 Å². The van der Waals surface area contributed by atoms with Crippen molar-refractivity contribution in [1.82, 2.24) is 15.0 Å². The van der Waals surface area contributed by atoms with E-state index in [0.29, 0.717) is 31.1 Å². The number of aryl methyl sites for hydroxylation is 3. The molecule has 0 saturated carbocycles. The maximum absolute atomic E-state index is 5.47. The molecule has 1 aliphatic rings. The van der Waals surface area contributed by atoms with Crippen LogP contribution >= 0.6 is 0 Å². The maximum Gasteiger partial charge on any atom is 0.233 e. The fourth-order valence-corrected chi connectivity index (χ4v) is 3.22. The topological polar surface area (TPSA) is 75.2 Å². The summed E-state index contributed by atoms with van der Waals surface area (Å²) in [7, 11) is 0. The second-order valence-electron chi connectivity index (χ2n) is 7.32. The Labute approximate surface area is 171 Å². The molecule has 0 aliphatic carbocycles. The molecular formula is C22H26N6O. The van der Waals surface area contributed by atoms with E-state index in [1.54, 1.807) is 0 Å². The Morgan fingerprint density at radius 1 is 0.828 bits per heavy atom. The van der Waals surface area contributed by atoms with Gasteiger partial charge in [0.15, 0.2) is 0 Å². The van der Waals surface area contributed by atoms with Crippen LogP contribution in [-0.4, -0.2) is 41.3 Å². The van der Waals surface area contributed by atoms with Crippen LogP contribution in [0.4, 0.5) is 29.2 Å². The van der Waals surface area contributed by atoms with Crippen LogP contribution in [-0.2, 0) is 4.74 Å². The lowest BCUT2D eigenvalue weighted by Gasteiger charge is -2.27. The molecule has 2 aromatic carbocycles. The summed E-state index contributed by atoms with van der Waals surface area (Å²) >= 11 is 0. The summed E-state index contributed by atoms with van der Waals surface area (Å²) in [6.07, 6.45) is 0. The smallest absolute Gasteiger partial charge is 0.233 e. The molecule has 0 radical (unpaired) electrons. The normalized spacial score (nSPS) is 14.0. The van der Waals surface area contributed by atoms with Crippen molar-refractivity contribution in [1.29, 1.82) is 0 Å². The van der Waals surface area contributed by atoms with Crippen molar-refractivity contribution in [2.24, 2.45) is 0 Å². The molecule has 0 bridgehead atoms. The van der Waals surface area contributed by atoms with E-state index in [1.165, 1.54) is 11.1 Å². The van der Waals surface area contributed by atoms with Gasteiger partial charge in [0.1, 0.15) is 0 Å². The van der Waals surface area contributed by atoms with Crippen LogP contribution in [0.2, 0.25) is 0 Å². The van der Waals surface area contributed by atoms with Crippen molar-refractivity contribution >= 4 is 29.2 Å². The van der Waals surface area contributed by atoms with Gasteiger partial charge in [-0.15, -0.1) is 0 Å². The Morgan fingerprint density at radius 2 is 1.55 bits per heavy atom. The number of hydrogen-bond acceptors (Lipinski definition) is 7. The first-order chi connectivity index (χ1) is 14.1. The molecule has 29 heavy (non-hydrogen) atoms. The van der Waals surface area contributed by atoms with Crippen LogP contribution in [0.15, 0.2) is 42.5 Å². The number of nitrogens with zero attached hydrogens (tertiary/aromatic N) is 4. The highest BCUT2D eigenvalue weighted by Gasteiger charge is 2.17. The molecule has 0 unspecified atom stereocenters. The Morgan fingerprint density at radius 3 is 2.31 bits per heavy atom. The van der Waals surface area contributed by atoms with Crippen LogP contribution < -0.4 is 15.5 Å². The summed E-state index contributed by atoms with van der Waals surface area (Å²) in [6, 6.07) is 14.4. The van der Waals surface area contributed by atoms with E-state index < -0.39 is 0 Å². The first kappa shape index (κ1) is 19.1. The SMILES string of the molecule is Cc1cccc(Nc2nc(Nc3cc(C)ccc3C)nc(N3CCOCC3)n2)c1. The number of aromatic nitrogens is 3. The zero-order chi connectivity index (χ0) is 20.2. The van der Waals surface area contributed by atoms with E-state index in [-0.39, 0.29) is 0 Å². The Kier molecular flexibility index (Phi) is 5.57. The molecule has 1 aromatic heterocycles. The van der Waals surface area contributed by atoms with E-state index in [4.69, 9.17) is 4.74 Å². The predicted molar refractivity (Wildman–Crippen MR) is 117 cm³/mol. The van der Waals surface area contributed by atoms with Crippen molar-refractivity contribution in [3.8, 4) is 0 Å². The van der Waals surface area contributed by atoms with E-state index in [0.717, 1.165) is 30.0 Å². The molecule has 4 rings (SSSR count). The fourth-order valence-electron chi connectivity index (χ4n) is 3.22. The number of nitrogens with one attached hydrogen (secondary N) is 2. The minimum absolute atomic E-state index is 0.514.